The van der Waals surface area contributed by atoms with Gasteiger partial charge in [-0.05, 0) is 24.3 Å². The topological polar surface area (TPSA) is 75.6 Å². The van der Waals surface area contributed by atoms with Crippen molar-refractivity contribution in [1.82, 2.24) is 0 Å². The Balaban J connectivity index is 2.47. The first-order valence-electron chi connectivity index (χ1n) is 5.59. The van der Waals surface area contributed by atoms with Crippen molar-refractivity contribution in [2.75, 3.05) is 11.8 Å². The van der Waals surface area contributed by atoms with Crippen LogP contribution in [0.1, 0.15) is 0 Å². The summed E-state index contributed by atoms with van der Waals surface area (Å²) in [6, 6.07) is 10.5. The van der Waals surface area contributed by atoms with Gasteiger partial charge in [-0.25, -0.2) is 8.42 Å². The standard InChI is InChI=1S/C13H12ClNO4S/c1-19-11-7-4-6-10(16)13(11)15-20(17,18)12-8-3-2-5-9(12)14/h2-8,15-16H,1H3. The maximum Gasteiger partial charge on any atom is 0.263 e. The number of hydrogen-bond acceptors (Lipinski definition) is 4. The summed E-state index contributed by atoms with van der Waals surface area (Å²) in [4.78, 5) is -0.0769. The number of phenolic OH excluding ortho intramolecular Hbond substituents is 1. The molecule has 2 rings (SSSR count). The first kappa shape index (κ1) is 14.5. The maximum atomic E-state index is 12.3. The van der Waals surface area contributed by atoms with Crippen molar-refractivity contribution < 1.29 is 18.3 Å². The van der Waals surface area contributed by atoms with Crippen LogP contribution >= 0.6 is 11.6 Å². The molecular weight excluding hydrogens is 302 g/mol. The molecule has 0 heterocycles. The molecule has 0 saturated carbocycles. The predicted molar refractivity (Wildman–Crippen MR) is 76.9 cm³/mol. The quantitative estimate of drug-likeness (QED) is 0.851. The summed E-state index contributed by atoms with van der Waals surface area (Å²) < 4.78 is 31.9. The van der Waals surface area contributed by atoms with Crippen LogP contribution in [-0.2, 0) is 10.0 Å². The van der Waals surface area contributed by atoms with Crippen LogP contribution in [0.15, 0.2) is 47.4 Å². The van der Waals surface area contributed by atoms with E-state index in [4.69, 9.17) is 16.3 Å². The second kappa shape index (κ2) is 5.60. The summed E-state index contributed by atoms with van der Waals surface area (Å²) in [5, 5.41) is 9.85. The fourth-order valence-corrected chi connectivity index (χ4v) is 3.25. The van der Waals surface area contributed by atoms with Gasteiger partial charge in [0.25, 0.3) is 10.0 Å². The Morgan fingerprint density at radius 2 is 1.85 bits per heavy atom. The third-order valence-electron chi connectivity index (χ3n) is 2.59. The van der Waals surface area contributed by atoms with Gasteiger partial charge in [0.05, 0.1) is 12.1 Å². The normalized spacial score (nSPS) is 11.1. The van der Waals surface area contributed by atoms with E-state index >= 15 is 0 Å². The van der Waals surface area contributed by atoms with Gasteiger partial charge >= 0.3 is 0 Å². The van der Waals surface area contributed by atoms with Gasteiger partial charge in [0, 0.05) is 0 Å². The molecule has 2 N–H and O–H groups in total. The number of nitrogens with one attached hydrogen (secondary N) is 1. The highest BCUT2D eigenvalue weighted by molar-refractivity contribution is 7.92. The van der Waals surface area contributed by atoms with Crippen LogP contribution in [0.5, 0.6) is 11.5 Å². The number of rotatable bonds is 4. The first-order chi connectivity index (χ1) is 9.45. The van der Waals surface area contributed by atoms with Crippen molar-refractivity contribution >= 4 is 27.3 Å². The average Bonchev–Trinajstić information content (AvgIpc) is 2.41. The summed E-state index contributed by atoms with van der Waals surface area (Å²) in [6.45, 7) is 0. The van der Waals surface area contributed by atoms with Gasteiger partial charge < -0.3 is 9.84 Å². The van der Waals surface area contributed by atoms with E-state index in [2.05, 4.69) is 4.72 Å². The van der Waals surface area contributed by atoms with Crippen molar-refractivity contribution in [1.29, 1.82) is 0 Å². The molecule has 0 amide bonds. The fraction of sp³-hybridized carbons (Fsp3) is 0.0769. The predicted octanol–water partition coefficient (Wildman–Crippen LogP) is 2.86. The van der Waals surface area contributed by atoms with Crippen LogP contribution in [0.4, 0.5) is 5.69 Å². The van der Waals surface area contributed by atoms with E-state index in [-0.39, 0.29) is 27.1 Å². The van der Waals surface area contributed by atoms with E-state index < -0.39 is 10.0 Å². The lowest BCUT2D eigenvalue weighted by Crippen LogP contribution is -2.14. The summed E-state index contributed by atoms with van der Waals surface area (Å²) >= 11 is 5.88. The molecule has 0 spiro atoms. The molecule has 7 heteroatoms. The molecule has 0 aliphatic heterocycles. The average molecular weight is 314 g/mol. The van der Waals surface area contributed by atoms with Gasteiger partial charge in [0.15, 0.2) is 0 Å². The zero-order valence-electron chi connectivity index (χ0n) is 10.5. The van der Waals surface area contributed by atoms with E-state index in [1.54, 1.807) is 18.2 Å². The van der Waals surface area contributed by atoms with Crippen molar-refractivity contribution in [3.63, 3.8) is 0 Å². The molecule has 2 aromatic carbocycles. The van der Waals surface area contributed by atoms with E-state index in [0.29, 0.717) is 0 Å². The minimum Gasteiger partial charge on any atom is -0.506 e. The van der Waals surface area contributed by atoms with Crippen LogP contribution in [0.2, 0.25) is 5.02 Å². The van der Waals surface area contributed by atoms with Crippen LogP contribution in [-0.4, -0.2) is 20.6 Å². The number of benzene rings is 2. The molecular formula is C13H12ClNO4S. The largest absolute Gasteiger partial charge is 0.506 e. The highest BCUT2D eigenvalue weighted by Crippen LogP contribution is 2.35. The number of halogens is 1. The monoisotopic (exact) mass is 313 g/mol. The molecule has 0 aromatic heterocycles. The van der Waals surface area contributed by atoms with Crippen LogP contribution < -0.4 is 9.46 Å². The second-order valence-electron chi connectivity index (χ2n) is 3.89. The van der Waals surface area contributed by atoms with E-state index in [1.165, 1.54) is 31.4 Å². The molecule has 0 aliphatic rings. The van der Waals surface area contributed by atoms with Crippen molar-refractivity contribution in [2.24, 2.45) is 0 Å². The Bertz CT molecular complexity index is 731. The van der Waals surface area contributed by atoms with Gasteiger partial charge in [-0.15, -0.1) is 0 Å². The SMILES string of the molecule is COc1cccc(O)c1NS(=O)(=O)c1ccccc1Cl. The summed E-state index contributed by atoms with van der Waals surface area (Å²) in [6.07, 6.45) is 0. The minimum absolute atomic E-state index is 0.0325. The van der Waals surface area contributed by atoms with Crippen LogP contribution in [0, 0.1) is 0 Å². The van der Waals surface area contributed by atoms with Gasteiger partial charge in [0.2, 0.25) is 0 Å². The Kier molecular flexibility index (Phi) is 4.06. The maximum absolute atomic E-state index is 12.3. The number of ether oxygens (including phenoxy) is 1. The van der Waals surface area contributed by atoms with E-state index in [9.17, 15) is 13.5 Å². The number of aromatic hydroxyl groups is 1. The molecule has 0 fully saturated rings. The molecule has 2 aromatic rings. The Labute approximate surface area is 121 Å². The number of para-hydroxylation sites is 1. The lowest BCUT2D eigenvalue weighted by atomic mass is 10.3. The van der Waals surface area contributed by atoms with Crippen molar-refractivity contribution in [2.45, 2.75) is 4.90 Å². The third kappa shape index (κ3) is 2.81. The molecule has 0 unspecified atom stereocenters. The number of anilines is 1. The van der Waals surface area contributed by atoms with Crippen LogP contribution in [0.25, 0.3) is 0 Å². The van der Waals surface area contributed by atoms with Gasteiger partial charge in [-0.1, -0.05) is 29.8 Å². The summed E-state index contributed by atoms with van der Waals surface area (Å²) in [5.74, 6) is -0.0272. The molecule has 0 bridgehead atoms. The fourth-order valence-electron chi connectivity index (χ4n) is 1.64. The first-order valence-corrected chi connectivity index (χ1v) is 7.45. The number of sulfonamides is 1. The molecule has 0 saturated heterocycles. The van der Waals surface area contributed by atoms with Crippen LogP contribution in [0.3, 0.4) is 0 Å². The molecule has 20 heavy (non-hydrogen) atoms. The highest BCUT2D eigenvalue weighted by atomic mass is 35.5. The lowest BCUT2D eigenvalue weighted by molar-refractivity contribution is 0.411. The lowest BCUT2D eigenvalue weighted by Gasteiger charge is -2.13. The number of methoxy groups -OCH3 is 1. The Morgan fingerprint density at radius 1 is 1.15 bits per heavy atom. The van der Waals surface area contributed by atoms with Crippen molar-refractivity contribution in [3.05, 3.63) is 47.5 Å². The van der Waals surface area contributed by atoms with Crippen molar-refractivity contribution in [3.8, 4) is 11.5 Å². The summed E-state index contributed by atoms with van der Waals surface area (Å²) in [5.41, 5.74) is -0.0325. The number of phenols is 1. The Hall–Kier alpha value is -1.92. The van der Waals surface area contributed by atoms with E-state index in [1.807, 2.05) is 0 Å². The molecule has 0 aliphatic carbocycles. The van der Waals surface area contributed by atoms with Gasteiger partial charge in [0.1, 0.15) is 22.1 Å². The number of hydrogen-bond donors (Lipinski definition) is 2. The van der Waals surface area contributed by atoms with E-state index in [0.717, 1.165) is 0 Å². The zero-order chi connectivity index (χ0) is 14.8. The third-order valence-corrected chi connectivity index (χ3v) is 4.44. The molecule has 0 radical (unpaired) electrons. The molecule has 5 nitrogen and oxygen atoms in total. The minimum atomic E-state index is -3.92. The zero-order valence-corrected chi connectivity index (χ0v) is 12.1. The molecule has 106 valence electrons. The van der Waals surface area contributed by atoms with Gasteiger partial charge in [-0.3, -0.25) is 4.72 Å². The Morgan fingerprint density at radius 3 is 2.50 bits per heavy atom. The molecule has 0 atom stereocenters. The second-order valence-corrected chi connectivity index (χ2v) is 5.95. The van der Waals surface area contributed by atoms with Gasteiger partial charge in [-0.2, -0.15) is 0 Å². The smallest absolute Gasteiger partial charge is 0.263 e. The highest BCUT2D eigenvalue weighted by Gasteiger charge is 2.21. The summed E-state index contributed by atoms with van der Waals surface area (Å²) in [7, 11) is -2.54.